The Morgan fingerprint density at radius 2 is 1.17 bits per heavy atom. The summed E-state index contributed by atoms with van der Waals surface area (Å²) in [5.74, 6) is 0.267. The Kier molecular flexibility index (Phi) is 8.04. The second-order valence-electron chi connectivity index (χ2n) is 6.29. The molecule has 0 radical (unpaired) electrons. The van der Waals surface area contributed by atoms with Gasteiger partial charge in [0.15, 0.2) is 5.60 Å². The third kappa shape index (κ3) is 4.18. The average molecular weight is 882 g/mol. The van der Waals surface area contributed by atoms with Crippen molar-refractivity contribution in [3.05, 3.63) is 79.5 Å². The number of benzene rings is 3. The van der Waals surface area contributed by atoms with Crippen LogP contribution in [-0.2, 0) is 19.9 Å². The molecular formula is C19H11I4NaO5S. The van der Waals surface area contributed by atoms with Gasteiger partial charge in [-0.05, 0) is 132 Å². The standard InChI is InChI=1S/C19H10I4O5S.Na.H/c20-12-5-9(6-13(21)17(12)24)19(10-7-14(22)18(25)15(23)8-10)11-3-1-2-4-16(11)29(26,27)28-19;;/h1-8,24-25H;;. The zero-order chi connectivity index (χ0) is 21.1. The molecule has 3 aromatic carbocycles. The number of rotatable bonds is 2. The van der Waals surface area contributed by atoms with Gasteiger partial charge in [-0.1, -0.05) is 18.2 Å². The van der Waals surface area contributed by atoms with Gasteiger partial charge in [0, 0.05) is 5.56 Å². The summed E-state index contributed by atoms with van der Waals surface area (Å²) in [7, 11) is -4.02. The molecule has 152 valence electrons. The summed E-state index contributed by atoms with van der Waals surface area (Å²) in [4.78, 5) is 0.108. The second-order valence-corrected chi connectivity index (χ2v) is 12.5. The van der Waals surface area contributed by atoms with E-state index in [4.69, 9.17) is 4.18 Å². The van der Waals surface area contributed by atoms with Crippen LogP contribution in [0.2, 0.25) is 0 Å². The molecule has 5 nitrogen and oxygen atoms in total. The van der Waals surface area contributed by atoms with Crippen molar-refractivity contribution in [1.29, 1.82) is 0 Å². The van der Waals surface area contributed by atoms with Gasteiger partial charge in [-0.2, -0.15) is 8.42 Å². The first-order valence-corrected chi connectivity index (χ1v) is 13.7. The zero-order valence-electron chi connectivity index (χ0n) is 14.2. The Morgan fingerprint density at radius 1 is 0.767 bits per heavy atom. The van der Waals surface area contributed by atoms with Crippen LogP contribution in [0.25, 0.3) is 0 Å². The predicted octanol–water partition coefficient (Wildman–Crippen LogP) is 4.88. The van der Waals surface area contributed by atoms with Crippen LogP contribution >= 0.6 is 90.4 Å². The van der Waals surface area contributed by atoms with Crippen LogP contribution in [0.15, 0.2) is 53.4 Å². The average Bonchev–Trinajstić information content (AvgIpc) is 2.92. The van der Waals surface area contributed by atoms with Crippen LogP contribution < -0.4 is 0 Å². The molecule has 0 saturated carbocycles. The Balaban J connectivity index is 0.00000256. The van der Waals surface area contributed by atoms with E-state index in [1.165, 1.54) is 6.07 Å². The van der Waals surface area contributed by atoms with Crippen molar-refractivity contribution in [3.8, 4) is 11.5 Å². The van der Waals surface area contributed by atoms with E-state index in [-0.39, 0.29) is 46.0 Å². The van der Waals surface area contributed by atoms with Gasteiger partial charge in [0.2, 0.25) is 0 Å². The van der Waals surface area contributed by atoms with Gasteiger partial charge in [-0.25, -0.2) is 4.18 Å². The Labute approximate surface area is 250 Å². The molecule has 0 unspecified atom stereocenters. The van der Waals surface area contributed by atoms with E-state index < -0.39 is 15.7 Å². The van der Waals surface area contributed by atoms with Crippen LogP contribution in [-0.4, -0.2) is 48.2 Å². The fourth-order valence-corrected chi connectivity index (χ4v) is 8.30. The maximum absolute atomic E-state index is 13.0. The predicted molar refractivity (Wildman–Crippen MR) is 149 cm³/mol. The molecule has 1 aliphatic rings. The number of hydrogen-bond acceptors (Lipinski definition) is 5. The summed E-state index contributed by atoms with van der Waals surface area (Å²) in [6.45, 7) is 0. The van der Waals surface area contributed by atoms with Gasteiger partial charge in [0.05, 0.1) is 14.3 Å². The number of phenols is 2. The summed E-state index contributed by atoms with van der Waals surface area (Å²) >= 11 is 8.05. The topological polar surface area (TPSA) is 83.8 Å². The summed E-state index contributed by atoms with van der Waals surface area (Å²) in [5.41, 5.74) is 0.218. The number of aromatic hydroxyl groups is 2. The maximum atomic E-state index is 13.0. The molecule has 11 heteroatoms. The number of halogens is 4. The minimum atomic E-state index is -4.02. The molecule has 0 amide bonds. The molecule has 1 aliphatic heterocycles. The van der Waals surface area contributed by atoms with Gasteiger partial charge in [-0.15, -0.1) is 0 Å². The van der Waals surface area contributed by atoms with Crippen molar-refractivity contribution in [2.24, 2.45) is 0 Å². The molecule has 0 atom stereocenters. The van der Waals surface area contributed by atoms with E-state index >= 15 is 0 Å². The Morgan fingerprint density at radius 3 is 1.60 bits per heavy atom. The van der Waals surface area contributed by atoms with E-state index in [1.807, 2.05) is 90.4 Å². The quantitative estimate of drug-likeness (QED) is 0.218. The molecule has 3 aromatic rings. The minimum absolute atomic E-state index is 0. The van der Waals surface area contributed by atoms with Crippen LogP contribution in [0, 0.1) is 14.3 Å². The third-order valence-electron chi connectivity index (χ3n) is 4.62. The van der Waals surface area contributed by atoms with Crippen LogP contribution in [0.3, 0.4) is 0 Å². The fourth-order valence-electron chi connectivity index (χ4n) is 3.34. The summed E-state index contributed by atoms with van der Waals surface area (Å²) in [6, 6.07) is 13.6. The summed E-state index contributed by atoms with van der Waals surface area (Å²) in [5, 5.41) is 20.5. The van der Waals surface area contributed by atoms with Gasteiger partial charge in [-0.3, -0.25) is 0 Å². The van der Waals surface area contributed by atoms with Crippen molar-refractivity contribution in [3.63, 3.8) is 0 Å². The molecule has 30 heavy (non-hydrogen) atoms. The first-order valence-electron chi connectivity index (χ1n) is 8.00. The monoisotopic (exact) mass is 882 g/mol. The van der Waals surface area contributed by atoms with Crippen molar-refractivity contribution >= 4 is 130 Å². The van der Waals surface area contributed by atoms with E-state index in [2.05, 4.69) is 0 Å². The first kappa shape index (κ1) is 25.7. The van der Waals surface area contributed by atoms with Crippen LogP contribution in [0.5, 0.6) is 11.5 Å². The van der Waals surface area contributed by atoms with Crippen LogP contribution in [0.4, 0.5) is 0 Å². The Hall–Kier alpha value is 1.09. The van der Waals surface area contributed by atoms with Gasteiger partial charge in [0.25, 0.3) is 10.1 Å². The molecular weight excluding hydrogens is 871 g/mol. The van der Waals surface area contributed by atoms with Gasteiger partial charge >= 0.3 is 29.6 Å². The molecule has 0 aliphatic carbocycles. The number of phenolic OH excluding ortho intramolecular Hbond substituents is 2. The van der Waals surface area contributed by atoms with E-state index in [0.717, 1.165) is 0 Å². The second kappa shape index (κ2) is 9.38. The molecule has 0 spiro atoms. The number of fused-ring (bicyclic) bond motifs is 1. The van der Waals surface area contributed by atoms with Gasteiger partial charge < -0.3 is 10.2 Å². The first-order chi connectivity index (χ1) is 13.6. The van der Waals surface area contributed by atoms with Crippen molar-refractivity contribution in [2.75, 3.05) is 0 Å². The number of hydrogen-bond donors (Lipinski definition) is 2. The van der Waals surface area contributed by atoms with Gasteiger partial charge in [0.1, 0.15) is 16.4 Å². The SMILES string of the molecule is O=S1(=O)OC(c2cc(I)c(O)c(I)c2)(c2cc(I)c(O)c(I)c2)c2ccccc21.[NaH]. The molecule has 2 N–H and O–H groups in total. The van der Waals surface area contributed by atoms with Crippen molar-refractivity contribution in [1.82, 2.24) is 0 Å². The molecule has 1 heterocycles. The molecule has 0 saturated heterocycles. The molecule has 0 bridgehead atoms. The van der Waals surface area contributed by atoms with E-state index in [0.29, 0.717) is 31.0 Å². The normalized spacial score (nSPS) is 16.0. The summed E-state index contributed by atoms with van der Waals surface area (Å²) in [6.07, 6.45) is 0. The van der Waals surface area contributed by atoms with E-state index in [9.17, 15) is 18.6 Å². The molecule has 0 aromatic heterocycles. The molecule has 4 rings (SSSR count). The van der Waals surface area contributed by atoms with Crippen LogP contribution in [0.1, 0.15) is 16.7 Å². The summed E-state index contributed by atoms with van der Waals surface area (Å²) < 4.78 is 34.1. The zero-order valence-corrected chi connectivity index (χ0v) is 23.6. The molecule has 0 fully saturated rings. The van der Waals surface area contributed by atoms with E-state index in [1.54, 1.807) is 42.5 Å². The fraction of sp³-hybridized carbons (Fsp3) is 0.0526. The Bertz CT molecular complexity index is 1180. The van der Waals surface area contributed by atoms with Crippen molar-refractivity contribution in [2.45, 2.75) is 10.5 Å². The van der Waals surface area contributed by atoms with Crippen molar-refractivity contribution < 1.29 is 22.8 Å². The third-order valence-corrected chi connectivity index (χ3v) is 9.27.